The molecule has 3 rings (SSSR count). The Morgan fingerprint density at radius 2 is 1.82 bits per heavy atom. The van der Waals surface area contributed by atoms with Crippen LogP contribution in [0.2, 0.25) is 0 Å². The van der Waals surface area contributed by atoms with Crippen LogP contribution in [0.25, 0.3) is 10.8 Å². The molecule has 0 radical (unpaired) electrons. The molecule has 1 N–H and O–H groups in total. The smallest absolute Gasteiger partial charge is 0.419 e. The minimum atomic E-state index is -4.44. The molecule has 1 aromatic carbocycles. The molecular formula is C15H12F3N3O. The van der Waals surface area contributed by atoms with E-state index < -0.39 is 11.7 Å². The third-order valence-electron chi connectivity index (χ3n) is 3.26. The number of anilines is 1. The van der Waals surface area contributed by atoms with Crippen LogP contribution in [0.15, 0.2) is 47.3 Å². The number of aromatic nitrogens is 2. The Kier molecular flexibility index (Phi) is 3.48. The quantitative estimate of drug-likeness (QED) is 0.778. The molecule has 0 aliphatic carbocycles. The number of benzene rings is 1. The number of fused-ring (bicyclic) bond motifs is 1. The number of hydrogen-bond donors (Lipinski definition) is 1. The fourth-order valence-corrected chi connectivity index (χ4v) is 2.16. The Labute approximate surface area is 124 Å². The van der Waals surface area contributed by atoms with Crippen molar-refractivity contribution in [1.82, 2.24) is 9.97 Å². The summed E-state index contributed by atoms with van der Waals surface area (Å²) in [5.41, 5.74) is -0.880. The van der Waals surface area contributed by atoms with Crippen molar-refractivity contribution in [3.05, 3.63) is 54.2 Å². The third kappa shape index (κ3) is 2.74. The van der Waals surface area contributed by atoms with E-state index in [1.54, 1.807) is 6.26 Å². The van der Waals surface area contributed by atoms with Gasteiger partial charge in [0.1, 0.15) is 5.76 Å². The molecule has 0 saturated carbocycles. The lowest BCUT2D eigenvalue weighted by atomic mass is 10.1. The molecular weight excluding hydrogens is 295 g/mol. The van der Waals surface area contributed by atoms with Crippen molar-refractivity contribution < 1.29 is 17.6 Å². The summed E-state index contributed by atoms with van der Waals surface area (Å²) in [7, 11) is 0. The maximum atomic E-state index is 12.5. The Hall–Kier alpha value is -2.57. The maximum absolute atomic E-state index is 12.5. The number of nitrogens with one attached hydrogen (secondary N) is 1. The van der Waals surface area contributed by atoms with Crippen LogP contribution in [0.4, 0.5) is 19.1 Å². The second-order valence-corrected chi connectivity index (χ2v) is 4.85. The largest absolute Gasteiger partial charge is 0.466 e. The molecule has 0 unspecified atom stereocenters. The second kappa shape index (κ2) is 5.32. The highest BCUT2D eigenvalue weighted by Gasteiger charge is 2.31. The first-order chi connectivity index (χ1) is 10.4. The minimum Gasteiger partial charge on any atom is -0.466 e. The molecule has 0 bridgehead atoms. The van der Waals surface area contributed by atoms with Gasteiger partial charge in [-0.1, -0.05) is 24.3 Å². The maximum Gasteiger partial charge on any atom is 0.419 e. The first-order valence-corrected chi connectivity index (χ1v) is 6.57. The number of alkyl halides is 3. The van der Waals surface area contributed by atoms with Crippen molar-refractivity contribution in [2.24, 2.45) is 0 Å². The first kappa shape index (κ1) is 14.4. The molecule has 3 aromatic rings. The number of halogens is 3. The molecule has 2 heterocycles. The lowest BCUT2D eigenvalue weighted by molar-refractivity contribution is -0.138. The summed E-state index contributed by atoms with van der Waals surface area (Å²) in [6.07, 6.45) is -1.30. The van der Waals surface area contributed by atoms with Crippen LogP contribution in [0, 0.1) is 0 Å². The molecule has 0 spiro atoms. The molecule has 0 saturated heterocycles. The van der Waals surface area contributed by atoms with E-state index in [1.807, 2.05) is 31.2 Å². The monoisotopic (exact) mass is 307 g/mol. The highest BCUT2D eigenvalue weighted by molar-refractivity contribution is 5.84. The molecule has 1 atom stereocenters. The number of nitrogens with zero attached hydrogens (tertiary/aromatic N) is 2. The van der Waals surface area contributed by atoms with Gasteiger partial charge in [0.25, 0.3) is 0 Å². The zero-order chi connectivity index (χ0) is 15.7. The van der Waals surface area contributed by atoms with E-state index in [9.17, 15) is 13.2 Å². The normalized spacial score (nSPS) is 13.3. The molecule has 4 nitrogen and oxygen atoms in total. The summed E-state index contributed by atoms with van der Waals surface area (Å²) in [6, 6.07) is 7.35. The fraction of sp³-hybridized carbons (Fsp3) is 0.200. The topological polar surface area (TPSA) is 51.0 Å². The fourth-order valence-electron chi connectivity index (χ4n) is 2.16. The summed E-state index contributed by atoms with van der Waals surface area (Å²) >= 11 is 0. The molecule has 7 heteroatoms. The Morgan fingerprint density at radius 3 is 2.50 bits per heavy atom. The highest BCUT2D eigenvalue weighted by Crippen LogP contribution is 2.30. The summed E-state index contributed by atoms with van der Waals surface area (Å²) in [4.78, 5) is 7.38. The van der Waals surface area contributed by atoms with E-state index in [0.29, 0.717) is 5.76 Å². The molecule has 0 aliphatic rings. The summed E-state index contributed by atoms with van der Waals surface area (Å²) in [5, 5.41) is 4.83. The summed E-state index contributed by atoms with van der Waals surface area (Å²) in [6.45, 7) is 1.83. The van der Waals surface area contributed by atoms with Crippen LogP contribution < -0.4 is 5.32 Å². The molecule has 0 amide bonds. The van der Waals surface area contributed by atoms with Gasteiger partial charge < -0.3 is 9.73 Å². The Balaban J connectivity index is 1.81. The van der Waals surface area contributed by atoms with Gasteiger partial charge in [-0.2, -0.15) is 13.2 Å². The molecule has 114 valence electrons. The van der Waals surface area contributed by atoms with Gasteiger partial charge in [0.05, 0.1) is 17.9 Å². The Bertz CT molecular complexity index is 781. The standard InChI is InChI=1S/C15H12F3N3O/c1-9(13-12-5-3-2-4-10(12)8-22-13)21-14-19-6-11(7-20-14)15(16,17)18/h2-9H,1H3,(H,19,20,21)/t9-/m1/s1. The predicted octanol–water partition coefficient (Wildman–Crippen LogP) is 4.41. The van der Waals surface area contributed by atoms with Gasteiger partial charge in [0.15, 0.2) is 0 Å². The van der Waals surface area contributed by atoms with Gasteiger partial charge in [-0.3, -0.25) is 0 Å². The molecule has 0 aliphatic heterocycles. The van der Waals surface area contributed by atoms with E-state index in [1.165, 1.54) is 0 Å². The van der Waals surface area contributed by atoms with Crippen LogP contribution in [0.1, 0.15) is 24.3 Å². The zero-order valence-corrected chi connectivity index (χ0v) is 11.6. The molecule has 2 aromatic heterocycles. The van der Waals surface area contributed by atoms with Crippen LogP contribution in [0.3, 0.4) is 0 Å². The van der Waals surface area contributed by atoms with Gasteiger partial charge in [-0.05, 0) is 6.92 Å². The van der Waals surface area contributed by atoms with Gasteiger partial charge in [0, 0.05) is 23.2 Å². The third-order valence-corrected chi connectivity index (χ3v) is 3.26. The van der Waals surface area contributed by atoms with Crippen molar-refractivity contribution in [2.45, 2.75) is 19.1 Å². The SMILES string of the molecule is C[C@@H](Nc1ncc(C(F)(F)F)cn1)c1occ2ccccc12. The van der Waals surface area contributed by atoms with Crippen molar-refractivity contribution in [1.29, 1.82) is 0 Å². The number of furan rings is 1. The predicted molar refractivity (Wildman–Crippen MR) is 75.3 cm³/mol. The van der Waals surface area contributed by atoms with Crippen LogP contribution in [-0.2, 0) is 6.18 Å². The minimum absolute atomic E-state index is 0.112. The lowest BCUT2D eigenvalue weighted by Crippen LogP contribution is -2.11. The van der Waals surface area contributed by atoms with Gasteiger partial charge in [-0.15, -0.1) is 0 Å². The van der Waals surface area contributed by atoms with Crippen LogP contribution in [0.5, 0.6) is 0 Å². The van der Waals surface area contributed by atoms with Gasteiger partial charge in [-0.25, -0.2) is 9.97 Å². The van der Waals surface area contributed by atoms with Gasteiger partial charge >= 0.3 is 6.18 Å². The molecule has 0 fully saturated rings. The van der Waals surface area contributed by atoms with Crippen molar-refractivity contribution in [3.63, 3.8) is 0 Å². The van der Waals surface area contributed by atoms with E-state index >= 15 is 0 Å². The van der Waals surface area contributed by atoms with Crippen molar-refractivity contribution in [2.75, 3.05) is 5.32 Å². The molecule has 22 heavy (non-hydrogen) atoms. The van der Waals surface area contributed by atoms with Crippen molar-refractivity contribution in [3.8, 4) is 0 Å². The lowest BCUT2D eigenvalue weighted by Gasteiger charge is -2.12. The summed E-state index contributed by atoms with van der Waals surface area (Å²) in [5.74, 6) is 0.792. The first-order valence-electron chi connectivity index (χ1n) is 6.57. The highest BCUT2D eigenvalue weighted by atomic mass is 19.4. The van der Waals surface area contributed by atoms with Crippen LogP contribution >= 0.6 is 0 Å². The average molecular weight is 307 g/mol. The van der Waals surface area contributed by atoms with Gasteiger partial charge in [0.2, 0.25) is 5.95 Å². The number of hydrogen-bond acceptors (Lipinski definition) is 4. The zero-order valence-electron chi connectivity index (χ0n) is 11.6. The van der Waals surface area contributed by atoms with Crippen LogP contribution in [-0.4, -0.2) is 9.97 Å². The number of rotatable bonds is 3. The second-order valence-electron chi connectivity index (χ2n) is 4.85. The Morgan fingerprint density at radius 1 is 1.14 bits per heavy atom. The van der Waals surface area contributed by atoms with E-state index in [0.717, 1.165) is 23.2 Å². The summed E-state index contributed by atoms with van der Waals surface area (Å²) < 4.78 is 42.9. The average Bonchev–Trinajstić information content (AvgIpc) is 2.91. The van der Waals surface area contributed by atoms with Crippen molar-refractivity contribution >= 4 is 16.7 Å². The van der Waals surface area contributed by atoms with E-state index in [4.69, 9.17) is 4.42 Å². The van der Waals surface area contributed by atoms with E-state index in [2.05, 4.69) is 15.3 Å². The van der Waals surface area contributed by atoms with E-state index in [-0.39, 0.29) is 12.0 Å².